The molecule has 0 unspecified atom stereocenters. The first-order chi connectivity index (χ1) is 8.89. The summed E-state index contributed by atoms with van der Waals surface area (Å²) in [5, 5.41) is 0. The lowest BCUT2D eigenvalue weighted by atomic mass is 10.1. The van der Waals surface area contributed by atoms with E-state index >= 15 is 0 Å². The van der Waals surface area contributed by atoms with Crippen molar-refractivity contribution in [1.29, 1.82) is 0 Å². The van der Waals surface area contributed by atoms with Gasteiger partial charge in [-0.25, -0.2) is 4.79 Å². The maximum atomic E-state index is 11.1. The summed E-state index contributed by atoms with van der Waals surface area (Å²) in [5.41, 5.74) is 0.477. The predicted molar refractivity (Wildman–Crippen MR) is 82.8 cm³/mol. The molecule has 0 bridgehead atoms. The van der Waals surface area contributed by atoms with Gasteiger partial charge in [-0.3, -0.25) is 0 Å². The number of carbonyl (C=O) groups is 1. The summed E-state index contributed by atoms with van der Waals surface area (Å²) in [6, 6.07) is 1.25. The SMILES string of the molecule is C=C(C)C(=O)OCCCCCCCC[Si](C)(C)OC. The third-order valence-corrected chi connectivity index (χ3v) is 5.97. The van der Waals surface area contributed by atoms with E-state index in [1.807, 2.05) is 7.11 Å². The molecule has 0 aromatic heterocycles. The summed E-state index contributed by atoms with van der Waals surface area (Å²) in [5.74, 6) is -0.272. The zero-order chi connectivity index (χ0) is 14.7. The molecule has 0 aliphatic rings. The van der Waals surface area contributed by atoms with E-state index in [1.54, 1.807) is 6.92 Å². The van der Waals surface area contributed by atoms with Crippen LogP contribution in [-0.4, -0.2) is 28.0 Å². The summed E-state index contributed by atoms with van der Waals surface area (Å²) >= 11 is 0. The van der Waals surface area contributed by atoms with Crippen LogP contribution in [0, 0.1) is 0 Å². The first-order valence-corrected chi connectivity index (χ1v) is 10.4. The third-order valence-electron chi connectivity index (χ3n) is 3.31. The molecule has 0 amide bonds. The quantitative estimate of drug-likeness (QED) is 0.246. The second-order valence-electron chi connectivity index (χ2n) is 5.75. The Hall–Kier alpha value is -0.613. The van der Waals surface area contributed by atoms with E-state index in [1.165, 1.54) is 31.7 Å². The lowest BCUT2D eigenvalue weighted by Crippen LogP contribution is -2.27. The molecule has 112 valence electrons. The monoisotopic (exact) mass is 286 g/mol. The Morgan fingerprint density at radius 1 is 1.05 bits per heavy atom. The number of ether oxygens (including phenoxy) is 1. The molecule has 0 saturated carbocycles. The van der Waals surface area contributed by atoms with Crippen LogP contribution < -0.4 is 0 Å². The minimum atomic E-state index is -1.35. The summed E-state index contributed by atoms with van der Waals surface area (Å²) in [4.78, 5) is 11.1. The van der Waals surface area contributed by atoms with Gasteiger partial charge in [-0.1, -0.05) is 38.7 Å². The molecule has 0 heterocycles. The Morgan fingerprint density at radius 3 is 2.11 bits per heavy atom. The zero-order valence-electron chi connectivity index (χ0n) is 13.1. The number of carbonyl (C=O) groups excluding carboxylic acids is 1. The van der Waals surface area contributed by atoms with Gasteiger partial charge >= 0.3 is 5.97 Å². The average Bonchev–Trinajstić information content (AvgIpc) is 2.36. The van der Waals surface area contributed by atoms with Gasteiger partial charge in [0.25, 0.3) is 0 Å². The van der Waals surface area contributed by atoms with Crippen molar-refractivity contribution in [3.8, 4) is 0 Å². The van der Waals surface area contributed by atoms with Crippen LogP contribution in [0.2, 0.25) is 19.1 Å². The summed E-state index contributed by atoms with van der Waals surface area (Å²) in [7, 11) is 0.484. The highest BCUT2D eigenvalue weighted by Crippen LogP contribution is 2.16. The normalized spacial score (nSPS) is 11.4. The van der Waals surface area contributed by atoms with Crippen molar-refractivity contribution in [2.75, 3.05) is 13.7 Å². The Balaban J connectivity index is 3.28. The van der Waals surface area contributed by atoms with Crippen molar-refractivity contribution in [3.63, 3.8) is 0 Å². The minimum absolute atomic E-state index is 0.272. The van der Waals surface area contributed by atoms with Crippen molar-refractivity contribution < 1.29 is 14.0 Å². The second-order valence-corrected chi connectivity index (χ2v) is 10.2. The fourth-order valence-electron chi connectivity index (χ4n) is 1.75. The number of rotatable bonds is 11. The van der Waals surface area contributed by atoms with Gasteiger partial charge in [0.15, 0.2) is 8.32 Å². The highest BCUT2D eigenvalue weighted by Gasteiger charge is 2.18. The van der Waals surface area contributed by atoms with Gasteiger partial charge < -0.3 is 9.16 Å². The molecular formula is C15H30O3Si. The van der Waals surface area contributed by atoms with Crippen molar-refractivity contribution in [3.05, 3.63) is 12.2 Å². The van der Waals surface area contributed by atoms with Crippen molar-refractivity contribution in [2.24, 2.45) is 0 Å². The van der Waals surface area contributed by atoms with E-state index in [2.05, 4.69) is 19.7 Å². The largest absolute Gasteiger partial charge is 0.462 e. The highest BCUT2D eigenvalue weighted by atomic mass is 28.4. The van der Waals surface area contributed by atoms with Gasteiger partial charge in [0.05, 0.1) is 6.61 Å². The molecule has 0 aromatic carbocycles. The predicted octanol–water partition coefficient (Wildman–Crippen LogP) is 4.30. The molecule has 0 rings (SSSR count). The van der Waals surface area contributed by atoms with Crippen LogP contribution in [0.4, 0.5) is 0 Å². The summed E-state index contributed by atoms with van der Waals surface area (Å²) in [6.07, 6.45) is 7.14. The molecule has 0 aromatic rings. The summed E-state index contributed by atoms with van der Waals surface area (Å²) < 4.78 is 10.6. The Kier molecular flexibility index (Phi) is 9.88. The number of unbranched alkanes of at least 4 members (excludes halogenated alkanes) is 5. The van der Waals surface area contributed by atoms with Crippen molar-refractivity contribution in [1.82, 2.24) is 0 Å². The maximum absolute atomic E-state index is 11.1. The van der Waals surface area contributed by atoms with Gasteiger partial charge in [-0.05, 0) is 32.5 Å². The van der Waals surface area contributed by atoms with Crippen LogP contribution in [0.5, 0.6) is 0 Å². The van der Waals surface area contributed by atoms with Crippen molar-refractivity contribution in [2.45, 2.75) is 64.6 Å². The molecule has 0 atom stereocenters. The van der Waals surface area contributed by atoms with Crippen LogP contribution in [0.15, 0.2) is 12.2 Å². The Morgan fingerprint density at radius 2 is 1.58 bits per heavy atom. The van der Waals surface area contributed by atoms with E-state index in [0.717, 1.165) is 12.8 Å². The van der Waals surface area contributed by atoms with Gasteiger partial charge in [0.2, 0.25) is 0 Å². The molecular weight excluding hydrogens is 256 g/mol. The number of esters is 1. The Bertz CT molecular complexity index is 275. The molecule has 0 aliphatic carbocycles. The van der Waals surface area contributed by atoms with Gasteiger partial charge in [-0.15, -0.1) is 0 Å². The van der Waals surface area contributed by atoms with E-state index in [0.29, 0.717) is 12.2 Å². The molecule has 0 spiro atoms. The van der Waals surface area contributed by atoms with E-state index < -0.39 is 8.32 Å². The molecule has 0 saturated heterocycles. The van der Waals surface area contributed by atoms with E-state index in [4.69, 9.17) is 9.16 Å². The van der Waals surface area contributed by atoms with Crippen molar-refractivity contribution >= 4 is 14.3 Å². The highest BCUT2D eigenvalue weighted by molar-refractivity contribution is 6.71. The second kappa shape index (κ2) is 10.2. The number of hydrogen-bond donors (Lipinski definition) is 0. The Labute approximate surface area is 119 Å². The van der Waals surface area contributed by atoms with Crippen LogP contribution in [0.25, 0.3) is 0 Å². The standard InChI is InChI=1S/C15H30O3Si/c1-14(2)15(16)18-12-10-8-6-7-9-11-13-19(4,5)17-3/h1,6-13H2,2-5H3. The number of hydrogen-bond acceptors (Lipinski definition) is 3. The van der Waals surface area contributed by atoms with E-state index in [9.17, 15) is 4.79 Å². The topological polar surface area (TPSA) is 35.5 Å². The molecule has 3 nitrogen and oxygen atoms in total. The molecule has 0 aliphatic heterocycles. The van der Waals surface area contributed by atoms with Crippen LogP contribution in [-0.2, 0) is 14.0 Å². The van der Waals surface area contributed by atoms with Gasteiger partial charge in [0, 0.05) is 12.7 Å². The van der Waals surface area contributed by atoms with Crippen LogP contribution in [0.1, 0.15) is 45.4 Å². The maximum Gasteiger partial charge on any atom is 0.333 e. The first-order valence-electron chi connectivity index (χ1n) is 7.27. The minimum Gasteiger partial charge on any atom is -0.462 e. The molecule has 19 heavy (non-hydrogen) atoms. The molecule has 4 heteroatoms. The molecule has 0 fully saturated rings. The van der Waals surface area contributed by atoms with Gasteiger partial charge in [-0.2, -0.15) is 0 Å². The van der Waals surface area contributed by atoms with Gasteiger partial charge in [0.1, 0.15) is 0 Å². The first kappa shape index (κ1) is 18.4. The van der Waals surface area contributed by atoms with E-state index in [-0.39, 0.29) is 5.97 Å². The fourth-order valence-corrected chi connectivity index (χ4v) is 3.06. The lowest BCUT2D eigenvalue weighted by molar-refractivity contribution is -0.139. The third kappa shape index (κ3) is 11.0. The lowest BCUT2D eigenvalue weighted by Gasteiger charge is -2.19. The fraction of sp³-hybridized carbons (Fsp3) is 0.800. The average molecular weight is 286 g/mol. The zero-order valence-corrected chi connectivity index (χ0v) is 14.1. The van der Waals surface area contributed by atoms with Crippen LogP contribution in [0.3, 0.4) is 0 Å². The summed E-state index contributed by atoms with van der Waals surface area (Å²) in [6.45, 7) is 10.3. The molecule has 0 N–H and O–H groups in total. The smallest absolute Gasteiger partial charge is 0.333 e. The molecule has 0 radical (unpaired) electrons. The van der Waals surface area contributed by atoms with Crippen LogP contribution >= 0.6 is 0 Å².